The summed E-state index contributed by atoms with van der Waals surface area (Å²) >= 11 is 1.48. The minimum atomic E-state index is -0.355. The summed E-state index contributed by atoms with van der Waals surface area (Å²) in [6.07, 6.45) is 6.43. The van der Waals surface area contributed by atoms with Gasteiger partial charge < -0.3 is 25.7 Å². The van der Waals surface area contributed by atoms with Gasteiger partial charge in [0.25, 0.3) is 5.91 Å². The number of rotatable bonds is 7. The Hall–Kier alpha value is -3.57. The molecule has 1 aliphatic heterocycles. The van der Waals surface area contributed by atoms with E-state index in [1.807, 2.05) is 19.1 Å². The Morgan fingerprint density at radius 1 is 1.21 bits per heavy atom. The fourth-order valence-electron chi connectivity index (χ4n) is 3.92. The fraction of sp³-hybridized carbons (Fsp3) is 0.348. The lowest BCUT2D eigenvalue weighted by atomic mass is 10.1. The first-order valence-electron chi connectivity index (χ1n) is 11.3. The third kappa shape index (κ3) is 4.70. The number of nitrogens with two attached hydrogens (primary N) is 1. The van der Waals surface area contributed by atoms with Gasteiger partial charge in [-0.15, -0.1) is 0 Å². The van der Waals surface area contributed by atoms with Crippen LogP contribution in [0, 0.1) is 6.92 Å². The van der Waals surface area contributed by atoms with Crippen LogP contribution in [0.2, 0.25) is 0 Å². The van der Waals surface area contributed by atoms with E-state index in [1.54, 1.807) is 12.3 Å². The zero-order chi connectivity index (χ0) is 23.5. The average Bonchev–Trinajstić information content (AvgIpc) is 3.50. The van der Waals surface area contributed by atoms with Crippen LogP contribution >= 0.6 is 11.3 Å². The molecule has 0 unspecified atom stereocenters. The molecule has 1 amide bonds. The smallest absolute Gasteiger partial charge is 0.277 e. The predicted molar refractivity (Wildman–Crippen MR) is 133 cm³/mol. The number of nitrogens with zero attached hydrogens (tertiary/aromatic N) is 5. The Bertz CT molecular complexity index is 1310. The van der Waals surface area contributed by atoms with Crippen molar-refractivity contribution in [3.8, 4) is 11.5 Å². The van der Waals surface area contributed by atoms with Crippen molar-refractivity contribution in [2.45, 2.75) is 26.2 Å². The molecular formula is C23H26N8O2S. The maximum atomic E-state index is 13.1. The molecule has 4 N–H and O–H groups in total. The van der Waals surface area contributed by atoms with Crippen LogP contribution < -0.4 is 21.3 Å². The number of thiazole rings is 1. The zero-order valence-corrected chi connectivity index (χ0v) is 19.7. The molecule has 176 valence electrons. The molecule has 5 rings (SSSR count). The second kappa shape index (κ2) is 9.74. The molecule has 5 heterocycles. The molecule has 0 radical (unpaired) electrons. The van der Waals surface area contributed by atoms with E-state index in [-0.39, 0.29) is 11.6 Å². The average molecular weight is 479 g/mol. The van der Waals surface area contributed by atoms with Gasteiger partial charge in [-0.25, -0.2) is 15.0 Å². The van der Waals surface area contributed by atoms with E-state index in [9.17, 15) is 4.79 Å². The molecule has 0 aliphatic carbocycles. The van der Waals surface area contributed by atoms with E-state index in [0.29, 0.717) is 30.3 Å². The molecule has 4 aromatic rings. The number of aryl methyl sites for hydroxylation is 1. The van der Waals surface area contributed by atoms with Crippen molar-refractivity contribution in [2.75, 3.05) is 41.7 Å². The number of carbonyl (C=O) groups is 1. The third-order valence-corrected chi connectivity index (χ3v) is 6.52. The summed E-state index contributed by atoms with van der Waals surface area (Å²) in [5.74, 6) is 0.745. The predicted octanol–water partition coefficient (Wildman–Crippen LogP) is 3.66. The van der Waals surface area contributed by atoms with E-state index in [2.05, 4.69) is 30.5 Å². The van der Waals surface area contributed by atoms with E-state index in [4.69, 9.17) is 15.1 Å². The van der Waals surface area contributed by atoms with Gasteiger partial charge in [-0.05, 0) is 44.4 Å². The number of hydrogen-bond donors (Lipinski definition) is 3. The van der Waals surface area contributed by atoms with Crippen LogP contribution in [0.1, 0.15) is 35.4 Å². The maximum Gasteiger partial charge on any atom is 0.277 e. The van der Waals surface area contributed by atoms with E-state index in [0.717, 1.165) is 52.8 Å². The molecule has 0 aromatic carbocycles. The van der Waals surface area contributed by atoms with Gasteiger partial charge in [0, 0.05) is 43.6 Å². The Labute approximate surface area is 200 Å². The standard InChI is InChI=1S/C23H26N8O2S/c1-14-11-15(5-7-25-14)22-28-17(13-33-22)21(32)27-16-12-18-19(30-23(34-18)26-8-6-24)29-20(16)31-9-3-2-4-10-31/h5,7,11-13H,2-4,6,8-10,24H2,1H3,(H,27,32)(H,26,29,30). The van der Waals surface area contributed by atoms with E-state index in [1.165, 1.54) is 24.0 Å². The number of piperidine rings is 1. The topological polar surface area (TPSA) is 135 Å². The number of amides is 1. The number of aromatic nitrogens is 4. The van der Waals surface area contributed by atoms with Crippen LogP contribution in [0.15, 0.2) is 35.1 Å². The molecule has 11 heteroatoms. The highest BCUT2D eigenvalue weighted by Gasteiger charge is 2.22. The molecule has 0 spiro atoms. The van der Waals surface area contributed by atoms with Gasteiger partial charge in [0.2, 0.25) is 5.89 Å². The number of pyridine rings is 2. The first kappa shape index (κ1) is 22.2. The van der Waals surface area contributed by atoms with Crippen LogP contribution in [0.25, 0.3) is 21.8 Å². The SMILES string of the molecule is Cc1cc(-c2nc(C(=O)Nc3cc4sc(NCCN)nc4nc3N3CCCCC3)co2)ccn1. The quantitative estimate of drug-likeness (QED) is 0.363. The monoisotopic (exact) mass is 478 g/mol. The molecule has 1 aliphatic rings. The minimum Gasteiger partial charge on any atom is -0.444 e. The van der Waals surface area contributed by atoms with Gasteiger partial charge in [-0.3, -0.25) is 9.78 Å². The van der Waals surface area contributed by atoms with Crippen LogP contribution in [-0.2, 0) is 0 Å². The molecular weight excluding hydrogens is 452 g/mol. The van der Waals surface area contributed by atoms with Gasteiger partial charge in [0.05, 0.1) is 10.4 Å². The summed E-state index contributed by atoms with van der Waals surface area (Å²) in [5, 5.41) is 6.97. The molecule has 1 fully saturated rings. The van der Waals surface area contributed by atoms with Crippen LogP contribution in [0.5, 0.6) is 0 Å². The van der Waals surface area contributed by atoms with E-state index < -0.39 is 0 Å². The molecule has 4 aromatic heterocycles. The van der Waals surface area contributed by atoms with Crippen molar-refractivity contribution < 1.29 is 9.21 Å². The van der Waals surface area contributed by atoms with Gasteiger partial charge in [-0.2, -0.15) is 0 Å². The number of anilines is 3. The van der Waals surface area contributed by atoms with Crippen molar-refractivity contribution in [1.29, 1.82) is 0 Å². The Balaban J connectivity index is 1.44. The number of hydrogen-bond acceptors (Lipinski definition) is 10. The van der Waals surface area contributed by atoms with E-state index >= 15 is 0 Å². The minimum absolute atomic E-state index is 0.198. The molecule has 0 atom stereocenters. The summed E-state index contributed by atoms with van der Waals surface area (Å²) < 4.78 is 6.45. The Morgan fingerprint density at radius 2 is 2.06 bits per heavy atom. The summed E-state index contributed by atoms with van der Waals surface area (Å²) in [5.41, 5.74) is 8.70. The van der Waals surface area contributed by atoms with Crippen molar-refractivity contribution in [3.63, 3.8) is 0 Å². The second-order valence-corrected chi connectivity index (χ2v) is 9.17. The second-order valence-electron chi connectivity index (χ2n) is 8.14. The number of nitrogens with one attached hydrogen (secondary N) is 2. The van der Waals surface area contributed by atoms with Gasteiger partial charge in [0.15, 0.2) is 22.3 Å². The first-order valence-corrected chi connectivity index (χ1v) is 12.1. The highest BCUT2D eigenvalue weighted by atomic mass is 32.1. The van der Waals surface area contributed by atoms with Crippen molar-refractivity contribution >= 4 is 44.2 Å². The molecule has 10 nitrogen and oxygen atoms in total. The lowest BCUT2D eigenvalue weighted by Crippen LogP contribution is -2.31. The maximum absolute atomic E-state index is 13.1. The third-order valence-electron chi connectivity index (χ3n) is 5.57. The lowest BCUT2D eigenvalue weighted by Gasteiger charge is -2.29. The van der Waals surface area contributed by atoms with Crippen molar-refractivity contribution in [1.82, 2.24) is 19.9 Å². The van der Waals surface area contributed by atoms with Crippen LogP contribution in [-0.4, -0.2) is 52.0 Å². The largest absolute Gasteiger partial charge is 0.444 e. The van der Waals surface area contributed by atoms with Crippen LogP contribution in [0.4, 0.5) is 16.6 Å². The highest BCUT2D eigenvalue weighted by molar-refractivity contribution is 7.22. The van der Waals surface area contributed by atoms with Crippen LogP contribution in [0.3, 0.4) is 0 Å². The normalized spacial score (nSPS) is 13.9. The summed E-state index contributed by atoms with van der Waals surface area (Å²) in [7, 11) is 0. The zero-order valence-electron chi connectivity index (χ0n) is 18.9. The van der Waals surface area contributed by atoms with Gasteiger partial charge >= 0.3 is 0 Å². The molecule has 0 bridgehead atoms. The number of fused-ring (bicyclic) bond motifs is 1. The molecule has 34 heavy (non-hydrogen) atoms. The Kier molecular flexibility index (Phi) is 6.37. The molecule has 0 saturated carbocycles. The summed E-state index contributed by atoms with van der Waals surface area (Å²) in [4.78, 5) is 33.3. The summed E-state index contributed by atoms with van der Waals surface area (Å²) in [6.45, 7) is 4.82. The van der Waals surface area contributed by atoms with Crippen molar-refractivity contribution in [2.24, 2.45) is 5.73 Å². The highest BCUT2D eigenvalue weighted by Crippen LogP contribution is 2.34. The van der Waals surface area contributed by atoms with Crippen molar-refractivity contribution in [3.05, 3.63) is 42.0 Å². The summed E-state index contributed by atoms with van der Waals surface area (Å²) in [6, 6.07) is 5.59. The number of carbonyl (C=O) groups excluding carboxylic acids is 1. The van der Waals surface area contributed by atoms with Gasteiger partial charge in [-0.1, -0.05) is 11.3 Å². The Morgan fingerprint density at radius 3 is 2.85 bits per heavy atom. The number of oxazole rings is 1. The first-order chi connectivity index (χ1) is 16.6. The lowest BCUT2D eigenvalue weighted by molar-refractivity contribution is 0.102. The van der Waals surface area contributed by atoms with Gasteiger partial charge in [0.1, 0.15) is 6.26 Å². The molecule has 1 saturated heterocycles. The fourth-order valence-corrected chi connectivity index (χ4v) is 4.80.